The number of benzene rings is 2. The summed E-state index contributed by atoms with van der Waals surface area (Å²) in [6.45, 7) is 6.35. The van der Waals surface area contributed by atoms with Crippen LogP contribution in [-0.2, 0) is 9.53 Å². The molecule has 4 rings (SSSR count). The van der Waals surface area contributed by atoms with Crippen LogP contribution in [0.4, 0.5) is 5.69 Å². The summed E-state index contributed by atoms with van der Waals surface area (Å²) in [5.74, 6) is -0.243. The summed E-state index contributed by atoms with van der Waals surface area (Å²) in [6, 6.07) is 19.0. The third-order valence-corrected chi connectivity index (χ3v) is 6.73. The van der Waals surface area contributed by atoms with Crippen molar-refractivity contribution in [2.24, 2.45) is 0 Å². The number of rotatable bonds is 8. The number of methoxy groups -OCH3 is 1. The topological polar surface area (TPSA) is 75.0 Å². The van der Waals surface area contributed by atoms with Crippen LogP contribution < -0.4 is 5.32 Å². The van der Waals surface area contributed by atoms with E-state index < -0.39 is 5.54 Å². The van der Waals surface area contributed by atoms with Crippen LogP contribution in [0, 0.1) is 0 Å². The van der Waals surface area contributed by atoms with Crippen molar-refractivity contribution in [2.75, 3.05) is 38.7 Å². The third-order valence-electron chi connectivity index (χ3n) is 6.73. The number of amides is 2. The number of nitrogens with zero attached hydrogens (tertiary/aromatic N) is 2. The molecule has 0 unspecified atom stereocenters. The van der Waals surface area contributed by atoms with Gasteiger partial charge in [0.05, 0.1) is 6.61 Å². The molecular formula is C27H33N3O4. The largest absolute Gasteiger partial charge is 0.451 e. The summed E-state index contributed by atoms with van der Waals surface area (Å²) in [7, 11) is 1.60. The quantitative estimate of drug-likeness (QED) is 0.536. The molecule has 0 bridgehead atoms. The first-order valence-electron chi connectivity index (χ1n) is 11.8. The van der Waals surface area contributed by atoms with E-state index in [1.807, 2.05) is 54.6 Å². The molecule has 1 aromatic heterocycles. The molecule has 3 aromatic rings. The minimum atomic E-state index is -1.02. The van der Waals surface area contributed by atoms with Crippen molar-refractivity contribution in [1.82, 2.24) is 9.80 Å². The van der Waals surface area contributed by atoms with Gasteiger partial charge in [-0.25, -0.2) is 0 Å². The average Bonchev–Trinajstić information content (AvgIpc) is 3.29. The fraction of sp³-hybridized carbons (Fsp3) is 0.407. The summed E-state index contributed by atoms with van der Waals surface area (Å²) in [5.41, 5.74) is 0.339. The van der Waals surface area contributed by atoms with E-state index in [1.165, 1.54) is 0 Å². The second-order valence-electron chi connectivity index (χ2n) is 9.08. The molecule has 1 aliphatic heterocycles. The summed E-state index contributed by atoms with van der Waals surface area (Å²) >= 11 is 0. The highest BCUT2D eigenvalue weighted by Gasteiger charge is 2.49. The molecule has 1 aliphatic rings. The second-order valence-corrected chi connectivity index (χ2v) is 9.08. The summed E-state index contributed by atoms with van der Waals surface area (Å²) in [5, 5.41) is 3.92. The predicted octanol–water partition coefficient (Wildman–Crippen LogP) is 4.40. The highest BCUT2D eigenvalue weighted by atomic mass is 16.5. The van der Waals surface area contributed by atoms with E-state index in [4.69, 9.17) is 9.15 Å². The van der Waals surface area contributed by atoms with Gasteiger partial charge in [0.25, 0.3) is 5.91 Å². The Morgan fingerprint density at radius 2 is 1.76 bits per heavy atom. The van der Waals surface area contributed by atoms with Gasteiger partial charge in [0.1, 0.15) is 11.1 Å². The lowest BCUT2D eigenvalue weighted by molar-refractivity contribution is -0.130. The molecular weight excluding hydrogens is 430 g/mol. The number of nitrogens with one attached hydrogen (secondary N) is 1. The minimum absolute atomic E-state index is 0.178. The fourth-order valence-corrected chi connectivity index (χ4v) is 4.71. The van der Waals surface area contributed by atoms with Crippen molar-refractivity contribution in [3.05, 3.63) is 66.4 Å². The second kappa shape index (κ2) is 10.4. The molecule has 7 nitrogen and oxygen atoms in total. The Hall–Kier alpha value is -3.16. The van der Waals surface area contributed by atoms with Gasteiger partial charge in [-0.05, 0) is 51.0 Å². The van der Waals surface area contributed by atoms with Gasteiger partial charge in [-0.1, -0.05) is 36.4 Å². The van der Waals surface area contributed by atoms with Gasteiger partial charge in [-0.2, -0.15) is 0 Å². The molecule has 0 saturated carbocycles. The van der Waals surface area contributed by atoms with Crippen molar-refractivity contribution < 1.29 is 18.7 Å². The molecule has 2 amide bonds. The van der Waals surface area contributed by atoms with Gasteiger partial charge in [0, 0.05) is 43.9 Å². The number of likely N-dealkylation sites (tertiary alicyclic amines) is 1. The summed E-state index contributed by atoms with van der Waals surface area (Å²) in [4.78, 5) is 31.8. The predicted molar refractivity (Wildman–Crippen MR) is 133 cm³/mol. The van der Waals surface area contributed by atoms with E-state index in [2.05, 4.69) is 24.1 Å². The number of ether oxygens (including phenoxy) is 1. The van der Waals surface area contributed by atoms with E-state index in [1.54, 1.807) is 18.1 Å². The molecule has 0 aliphatic carbocycles. The van der Waals surface area contributed by atoms with Gasteiger partial charge in [-0.3, -0.25) is 9.59 Å². The highest BCUT2D eigenvalue weighted by molar-refractivity contribution is 6.04. The Kier molecular flexibility index (Phi) is 7.34. The smallest absolute Gasteiger partial charge is 0.290 e. The number of hydrogen-bond donors (Lipinski definition) is 1. The molecule has 1 fully saturated rings. The number of piperidine rings is 1. The van der Waals surface area contributed by atoms with Crippen LogP contribution in [0.3, 0.4) is 0 Å². The first-order valence-corrected chi connectivity index (χ1v) is 11.8. The Morgan fingerprint density at radius 1 is 1.09 bits per heavy atom. The van der Waals surface area contributed by atoms with Crippen molar-refractivity contribution >= 4 is 28.5 Å². The Morgan fingerprint density at radius 3 is 2.41 bits per heavy atom. The summed E-state index contributed by atoms with van der Waals surface area (Å²) < 4.78 is 11.3. The lowest BCUT2D eigenvalue weighted by Crippen LogP contribution is -2.64. The fourth-order valence-electron chi connectivity index (χ4n) is 4.71. The Balaban J connectivity index is 1.71. The van der Waals surface area contributed by atoms with Crippen molar-refractivity contribution in [3.63, 3.8) is 0 Å². The number of furan rings is 1. The molecule has 34 heavy (non-hydrogen) atoms. The van der Waals surface area contributed by atoms with Crippen LogP contribution >= 0.6 is 0 Å². The van der Waals surface area contributed by atoms with E-state index in [0.717, 1.165) is 18.5 Å². The molecule has 180 valence electrons. The minimum Gasteiger partial charge on any atom is -0.451 e. The zero-order chi connectivity index (χ0) is 24.1. The van der Waals surface area contributed by atoms with E-state index in [9.17, 15) is 9.59 Å². The van der Waals surface area contributed by atoms with Crippen LogP contribution in [0.5, 0.6) is 0 Å². The molecule has 1 N–H and O–H groups in total. The van der Waals surface area contributed by atoms with Crippen LogP contribution in [0.2, 0.25) is 0 Å². The molecule has 7 heteroatoms. The molecule has 0 atom stereocenters. The average molecular weight is 464 g/mol. The summed E-state index contributed by atoms with van der Waals surface area (Å²) in [6.07, 6.45) is 1.05. The Bertz CT molecular complexity index is 1080. The number of carbonyl (C=O) groups excluding carboxylic acids is 2. The number of anilines is 1. The normalized spacial score (nSPS) is 16.0. The maximum Gasteiger partial charge on any atom is 0.290 e. The van der Waals surface area contributed by atoms with Crippen molar-refractivity contribution in [3.8, 4) is 0 Å². The molecule has 1 saturated heterocycles. The van der Waals surface area contributed by atoms with Crippen LogP contribution in [0.25, 0.3) is 11.0 Å². The van der Waals surface area contributed by atoms with Gasteiger partial charge < -0.3 is 24.3 Å². The SMILES string of the molecule is COCCN(C(=O)c1cc2ccccc2o1)C1(C(=O)Nc2ccccc2)CCN(C(C)C)CC1. The first kappa shape index (κ1) is 24.0. The van der Waals surface area contributed by atoms with Crippen molar-refractivity contribution in [2.45, 2.75) is 38.3 Å². The zero-order valence-electron chi connectivity index (χ0n) is 20.1. The number of carbonyl (C=O) groups is 2. The maximum atomic E-state index is 13.9. The monoisotopic (exact) mass is 463 g/mol. The Labute approximate surface area is 200 Å². The molecule has 2 heterocycles. The lowest BCUT2D eigenvalue weighted by atomic mass is 9.83. The standard InChI is InChI=1S/C27H33N3O4/c1-20(2)29-15-13-27(14-16-29,26(32)28-22-10-5-4-6-11-22)30(17-18-33-3)25(31)24-19-21-9-7-8-12-23(21)34-24/h4-12,19-20H,13-18H2,1-3H3,(H,28,32). The first-order chi connectivity index (χ1) is 16.4. The number of fused-ring (bicyclic) bond motifs is 1. The molecule has 0 spiro atoms. The third kappa shape index (κ3) is 4.86. The van der Waals surface area contributed by atoms with E-state index in [0.29, 0.717) is 36.8 Å². The number of para-hydroxylation sites is 2. The van der Waals surface area contributed by atoms with Crippen molar-refractivity contribution in [1.29, 1.82) is 0 Å². The van der Waals surface area contributed by atoms with Gasteiger partial charge >= 0.3 is 0 Å². The van der Waals surface area contributed by atoms with E-state index in [-0.39, 0.29) is 24.1 Å². The van der Waals surface area contributed by atoms with Gasteiger partial charge in [0.2, 0.25) is 5.91 Å². The van der Waals surface area contributed by atoms with Gasteiger partial charge in [0.15, 0.2) is 5.76 Å². The van der Waals surface area contributed by atoms with E-state index >= 15 is 0 Å². The van der Waals surface area contributed by atoms with Crippen LogP contribution in [0.1, 0.15) is 37.2 Å². The zero-order valence-corrected chi connectivity index (χ0v) is 20.1. The number of hydrogen-bond acceptors (Lipinski definition) is 5. The lowest BCUT2D eigenvalue weighted by Gasteiger charge is -2.48. The van der Waals surface area contributed by atoms with Gasteiger partial charge in [-0.15, -0.1) is 0 Å². The molecule has 2 aromatic carbocycles. The maximum absolute atomic E-state index is 13.9. The van der Waals surface area contributed by atoms with Crippen LogP contribution in [-0.4, -0.2) is 66.5 Å². The van der Waals surface area contributed by atoms with Crippen LogP contribution in [0.15, 0.2) is 65.1 Å². The highest BCUT2D eigenvalue weighted by Crippen LogP contribution is 2.34. The molecule has 0 radical (unpaired) electrons.